The fourth-order valence-electron chi connectivity index (χ4n) is 3.47. The summed E-state index contributed by atoms with van der Waals surface area (Å²) < 4.78 is 69.1. The Hall–Kier alpha value is -2.14. The molecule has 1 N–H and O–H groups in total. The van der Waals surface area contributed by atoms with Crippen LogP contribution in [-0.2, 0) is 28.7 Å². The van der Waals surface area contributed by atoms with Gasteiger partial charge in [0.15, 0.2) is 15.7 Å². The highest BCUT2D eigenvalue weighted by molar-refractivity contribution is 7.90. The second-order valence-electron chi connectivity index (χ2n) is 7.46. The fourth-order valence-corrected chi connectivity index (χ4v) is 5.83. The highest BCUT2D eigenvalue weighted by Gasteiger charge is 2.29. The van der Waals surface area contributed by atoms with E-state index in [2.05, 4.69) is 15.2 Å². The van der Waals surface area contributed by atoms with Crippen LogP contribution in [-0.4, -0.2) is 31.4 Å². The number of halogens is 4. The number of hydrogen-bond acceptors (Lipinski definition) is 6. The predicted octanol–water partition coefficient (Wildman–Crippen LogP) is 5.01. The van der Waals surface area contributed by atoms with Gasteiger partial charge in [-0.2, -0.15) is 0 Å². The Morgan fingerprint density at radius 3 is 2.62 bits per heavy atom. The highest BCUT2D eigenvalue weighted by atomic mass is 35.5. The van der Waals surface area contributed by atoms with Gasteiger partial charge in [-0.25, -0.2) is 26.6 Å². The van der Waals surface area contributed by atoms with Crippen molar-refractivity contribution in [3.8, 4) is 0 Å². The molecule has 32 heavy (non-hydrogen) atoms. The van der Waals surface area contributed by atoms with Gasteiger partial charge in [-0.3, -0.25) is 4.90 Å². The van der Waals surface area contributed by atoms with Crippen LogP contribution in [0.3, 0.4) is 0 Å². The molecule has 0 amide bonds. The van der Waals surface area contributed by atoms with E-state index in [1.165, 1.54) is 28.3 Å². The number of nitrogens with zero attached hydrogens (tertiary/aromatic N) is 2. The lowest BCUT2D eigenvalue weighted by Crippen LogP contribution is -2.36. The van der Waals surface area contributed by atoms with Crippen molar-refractivity contribution < 1.29 is 21.6 Å². The van der Waals surface area contributed by atoms with Crippen LogP contribution in [0, 0.1) is 17.5 Å². The third kappa shape index (κ3) is 4.78. The molecule has 0 saturated carbocycles. The molecule has 170 valence electrons. The molecule has 0 spiro atoms. The van der Waals surface area contributed by atoms with Crippen molar-refractivity contribution in [1.29, 1.82) is 0 Å². The number of hydrogen-bond donors (Lipinski definition) is 1. The molecule has 2 heterocycles. The van der Waals surface area contributed by atoms with Crippen molar-refractivity contribution in [2.75, 3.05) is 18.4 Å². The molecule has 1 aliphatic rings. The lowest BCUT2D eigenvalue weighted by molar-refractivity contribution is 0.170. The van der Waals surface area contributed by atoms with Gasteiger partial charge in [0, 0.05) is 30.1 Å². The number of benzene rings is 2. The molecule has 1 aliphatic heterocycles. The third-order valence-electron chi connectivity index (χ3n) is 5.26. The maximum Gasteiger partial charge on any atom is 0.189 e. The summed E-state index contributed by atoms with van der Waals surface area (Å²) >= 11 is 7.22. The molecule has 2 aromatic carbocycles. The molecule has 5 nitrogen and oxygen atoms in total. The molecule has 0 radical (unpaired) electrons. The van der Waals surface area contributed by atoms with E-state index in [1.54, 1.807) is 12.1 Å². The predicted molar refractivity (Wildman–Crippen MR) is 118 cm³/mol. The van der Waals surface area contributed by atoms with Crippen molar-refractivity contribution >= 4 is 38.5 Å². The molecule has 0 atom stereocenters. The molecule has 1 fully saturated rings. The first-order chi connectivity index (χ1) is 15.3. The maximum absolute atomic E-state index is 14.9. The van der Waals surface area contributed by atoms with Crippen LogP contribution in [0.25, 0.3) is 0 Å². The van der Waals surface area contributed by atoms with E-state index in [4.69, 9.17) is 11.6 Å². The van der Waals surface area contributed by atoms with Gasteiger partial charge in [0.25, 0.3) is 0 Å². The summed E-state index contributed by atoms with van der Waals surface area (Å²) in [5.74, 6) is -3.63. The Labute approximate surface area is 192 Å². The Balaban J connectivity index is 1.58. The van der Waals surface area contributed by atoms with Crippen LogP contribution in [0.5, 0.6) is 0 Å². The SMILES string of the molecule is O=S(=O)(Cc1cscn1)c1c(F)cc(NCc2cccc(F)c2CN2CCC2)c(Cl)c1F. The third-order valence-corrected chi connectivity index (χ3v) is 7.94. The molecule has 0 unspecified atom stereocenters. The van der Waals surface area contributed by atoms with Crippen molar-refractivity contribution in [1.82, 2.24) is 9.88 Å². The first kappa shape index (κ1) is 23.0. The van der Waals surface area contributed by atoms with E-state index < -0.39 is 37.1 Å². The second kappa shape index (κ2) is 9.38. The standard InChI is InChI=1S/C21H19ClF3N3O2S2/c22-19-18(26-8-13-3-1-4-16(23)15(13)9-28-5-2-6-28)7-17(24)21(20(19)25)32(29,30)11-14-10-31-12-27-14/h1,3-4,7,10,12,26H,2,5-6,8-9,11H2. The van der Waals surface area contributed by atoms with E-state index in [0.29, 0.717) is 17.7 Å². The Bertz CT molecular complexity index is 1230. The minimum absolute atomic E-state index is 0.0600. The average Bonchev–Trinajstić information content (AvgIpc) is 3.19. The van der Waals surface area contributed by atoms with E-state index in [0.717, 1.165) is 25.6 Å². The highest BCUT2D eigenvalue weighted by Crippen LogP contribution is 2.34. The zero-order valence-electron chi connectivity index (χ0n) is 16.7. The molecular formula is C21H19ClF3N3O2S2. The molecule has 11 heteroatoms. The van der Waals surface area contributed by atoms with Gasteiger partial charge in [0.1, 0.15) is 21.6 Å². The van der Waals surface area contributed by atoms with Gasteiger partial charge < -0.3 is 5.32 Å². The lowest BCUT2D eigenvalue weighted by atomic mass is 10.0. The monoisotopic (exact) mass is 501 g/mol. The number of aromatic nitrogens is 1. The quantitative estimate of drug-likeness (QED) is 0.440. The number of anilines is 1. The summed E-state index contributed by atoms with van der Waals surface area (Å²) in [5, 5.41) is 3.75. The molecular weight excluding hydrogens is 483 g/mol. The van der Waals surface area contributed by atoms with Gasteiger partial charge in [-0.15, -0.1) is 11.3 Å². The van der Waals surface area contributed by atoms with E-state index in [1.807, 2.05) is 0 Å². The summed E-state index contributed by atoms with van der Waals surface area (Å²) in [6, 6.07) is 5.49. The van der Waals surface area contributed by atoms with Gasteiger partial charge in [-0.05, 0) is 31.1 Å². The first-order valence-corrected chi connectivity index (χ1v) is 12.7. The topological polar surface area (TPSA) is 62.3 Å². The van der Waals surface area contributed by atoms with Crippen LogP contribution in [0.4, 0.5) is 18.9 Å². The summed E-state index contributed by atoms with van der Waals surface area (Å²) in [7, 11) is -4.35. The number of nitrogens with one attached hydrogen (secondary N) is 1. The minimum atomic E-state index is -4.35. The van der Waals surface area contributed by atoms with Gasteiger partial charge >= 0.3 is 0 Å². The number of rotatable bonds is 8. The largest absolute Gasteiger partial charge is 0.380 e. The summed E-state index contributed by atoms with van der Waals surface area (Å²) in [5.41, 5.74) is 2.62. The van der Waals surface area contributed by atoms with Crippen LogP contribution >= 0.6 is 22.9 Å². The molecule has 1 aromatic heterocycles. The Kier molecular flexibility index (Phi) is 6.75. The Morgan fingerprint density at radius 1 is 1.19 bits per heavy atom. The zero-order chi connectivity index (χ0) is 22.9. The molecule has 1 saturated heterocycles. The Morgan fingerprint density at radius 2 is 1.97 bits per heavy atom. The van der Waals surface area contributed by atoms with Crippen molar-refractivity contribution in [2.45, 2.75) is 30.2 Å². The van der Waals surface area contributed by atoms with Gasteiger partial charge in [0.05, 0.1) is 22.6 Å². The minimum Gasteiger partial charge on any atom is -0.380 e. The molecule has 0 bridgehead atoms. The van der Waals surface area contributed by atoms with E-state index in [9.17, 15) is 21.6 Å². The van der Waals surface area contributed by atoms with E-state index in [-0.39, 0.29) is 23.7 Å². The summed E-state index contributed by atoms with van der Waals surface area (Å²) in [4.78, 5) is 4.85. The smallest absolute Gasteiger partial charge is 0.189 e. The van der Waals surface area contributed by atoms with Crippen LogP contribution in [0.2, 0.25) is 5.02 Å². The molecule has 4 rings (SSSR count). The van der Waals surface area contributed by atoms with Crippen LogP contribution in [0.15, 0.2) is 40.1 Å². The summed E-state index contributed by atoms with van der Waals surface area (Å²) in [6.07, 6.45) is 1.06. The van der Waals surface area contributed by atoms with Crippen molar-refractivity contribution in [2.24, 2.45) is 0 Å². The maximum atomic E-state index is 14.9. The van der Waals surface area contributed by atoms with Crippen molar-refractivity contribution in [3.63, 3.8) is 0 Å². The zero-order valence-corrected chi connectivity index (χ0v) is 19.1. The second-order valence-corrected chi connectivity index (χ2v) is 10.5. The van der Waals surface area contributed by atoms with Gasteiger partial charge in [0.2, 0.25) is 0 Å². The summed E-state index contributed by atoms with van der Waals surface area (Å²) in [6.45, 7) is 2.28. The number of likely N-dealkylation sites (tertiary alicyclic amines) is 1. The van der Waals surface area contributed by atoms with Crippen LogP contribution < -0.4 is 5.32 Å². The fraction of sp³-hybridized carbons (Fsp3) is 0.286. The van der Waals surface area contributed by atoms with E-state index >= 15 is 0 Å². The van der Waals surface area contributed by atoms with Crippen molar-refractivity contribution in [3.05, 3.63) is 74.5 Å². The number of thiazole rings is 1. The average molecular weight is 502 g/mol. The molecule has 3 aromatic rings. The first-order valence-electron chi connectivity index (χ1n) is 9.76. The normalized spacial score (nSPS) is 14.4. The molecule has 0 aliphatic carbocycles. The van der Waals surface area contributed by atoms with Crippen LogP contribution in [0.1, 0.15) is 23.2 Å². The lowest BCUT2D eigenvalue weighted by Gasteiger charge is -2.31. The van der Waals surface area contributed by atoms with Gasteiger partial charge in [-0.1, -0.05) is 23.7 Å². The number of sulfone groups is 1.